The van der Waals surface area contributed by atoms with E-state index in [1.54, 1.807) is 6.92 Å². The van der Waals surface area contributed by atoms with Crippen molar-refractivity contribution in [1.82, 2.24) is 14.9 Å². The molecule has 1 aliphatic rings. The van der Waals surface area contributed by atoms with Crippen molar-refractivity contribution in [3.8, 4) is 0 Å². The number of H-pyrrole nitrogens is 1. The van der Waals surface area contributed by atoms with Gasteiger partial charge in [0.25, 0.3) is 10.0 Å². The summed E-state index contributed by atoms with van der Waals surface area (Å²) >= 11 is 0. The number of esters is 1. The highest BCUT2D eigenvalue weighted by Gasteiger charge is 2.31. The van der Waals surface area contributed by atoms with E-state index in [1.807, 2.05) is 6.92 Å². The van der Waals surface area contributed by atoms with Crippen molar-refractivity contribution in [2.75, 3.05) is 6.61 Å². The molecule has 1 heterocycles. The maximum absolute atomic E-state index is 12.3. The number of hydrogen-bond donors (Lipinski definition) is 2. The van der Waals surface area contributed by atoms with Crippen LogP contribution in [0.5, 0.6) is 0 Å². The summed E-state index contributed by atoms with van der Waals surface area (Å²) in [5, 5.41) is 5.76. The number of hydrogen-bond acceptors (Lipinski definition) is 5. The van der Waals surface area contributed by atoms with E-state index >= 15 is 0 Å². The molecule has 0 aromatic carbocycles. The van der Waals surface area contributed by atoms with Gasteiger partial charge in [0.05, 0.1) is 12.8 Å². The summed E-state index contributed by atoms with van der Waals surface area (Å²) in [6.07, 6.45) is 4.35. The van der Waals surface area contributed by atoms with Gasteiger partial charge in [-0.15, -0.1) is 0 Å². The highest BCUT2D eigenvalue weighted by Crippen LogP contribution is 2.30. The zero-order valence-electron chi connectivity index (χ0n) is 11.5. The SMILES string of the molecule is CCOC(=O)c1cn[nH]c1S(=O)(=O)NC(C)C1CCC1. The largest absolute Gasteiger partial charge is 0.462 e. The zero-order chi connectivity index (χ0) is 14.8. The van der Waals surface area contributed by atoms with Crippen LogP contribution < -0.4 is 4.72 Å². The molecule has 1 atom stereocenters. The minimum absolute atomic E-state index is 0.0693. The number of rotatable bonds is 6. The van der Waals surface area contributed by atoms with Gasteiger partial charge < -0.3 is 4.74 Å². The Bertz CT molecular complexity index is 577. The quantitative estimate of drug-likeness (QED) is 0.765. The maximum atomic E-state index is 12.3. The predicted octanol–water partition coefficient (Wildman–Crippen LogP) is 1.05. The van der Waals surface area contributed by atoms with Crippen molar-refractivity contribution in [3.63, 3.8) is 0 Å². The molecule has 0 aliphatic heterocycles. The summed E-state index contributed by atoms with van der Waals surface area (Å²) in [5.41, 5.74) is -0.0693. The molecule has 1 fully saturated rings. The van der Waals surface area contributed by atoms with Gasteiger partial charge in [0, 0.05) is 6.04 Å². The Morgan fingerprint density at radius 3 is 2.85 bits per heavy atom. The van der Waals surface area contributed by atoms with Crippen LogP contribution in [0.1, 0.15) is 43.5 Å². The lowest BCUT2D eigenvalue weighted by molar-refractivity contribution is 0.0521. The van der Waals surface area contributed by atoms with E-state index in [9.17, 15) is 13.2 Å². The van der Waals surface area contributed by atoms with Crippen molar-refractivity contribution in [2.45, 2.75) is 44.2 Å². The van der Waals surface area contributed by atoms with E-state index in [4.69, 9.17) is 4.74 Å². The van der Waals surface area contributed by atoms with Gasteiger partial charge in [-0.2, -0.15) is 5.10 Å². The minimum atomic E-state index is -3.80. The Hall–Kier alpha value is -1.41. The number of nitrogens with one attached hydrogen (secondary N) is 2. The second-order valence-electron chi connectivity index (χ2n) is 4.93. The van der Waals surface area contributed by atoms with Crippen LogP contribution in [0.4, 0.5) is 0 Å². The van der Waals surface area contributed by atoms with Crippen molar-refractivity contribution in [1.29, 1.82) is 0 Å². The lowest BCUT2D eigenvalue weighted by Crippen LogP contribution is -2.41. The topological polar surface area (TPSA) is 101 Å². The van der Waals surface area contributed by atoms with Crippen molar-refractivity contribution in [3.05, 3.63) is 11.8 Å². The van der Waals surface area contributed by atoms with Gasteiger partial charge in [-0.05, 0) is 32.6 Å². The molecule has 0 bridgehead atoms. The molecule has 2 rings (SSSR count). The number of ether oxygens (including phenoxy) is 1. The summed E-state index contributed by atoms with van der Waals surface area (Å²) in [7, 11) is -3.80. The molecular weight excluding hydrogens is 282 g/mol. The normalized spacial score (nSPS) is 17.5. The van der Waals surface area contributed by atoms with Crippen LogP contribution in [0.2, 0.25) is 0 Å². The molecule has 1 aromatic heterocycles. The molecule has 0 amide bonds. The Kier molecular flexibility index (Phi) is 4.44. The first kappa shape index (κ1) is 15.0. The monoisotopic (exact) mass is 301 g/mol. The molecule has 7 nitrogen and oxygen atoms in total. The predicted molar refractivity (Wildman–Crippen MR) is 71.7 cm³/mol. The van der Waals surface area contributed by atoms with Gasteiger partial charge >= 0.3 is 5.97 Å². The fourth-order valence-electron chi connectivity index (χ4n) is 2.17. The molecular formula is C12H19N3O4S. The first-order valence-corrected chi connectivity index (χ1v) is 8.17. The lowest BCUT2D eigenvalue weighted by Gasteiger charge is -2.31. The van der Waals surface area contributed by atoms with Crippen molar-refractivity contribution < 1.29 is 17.9 Å². The molecule has 20 heavy (non-hydrogen) atoms. The number of carbonyl (C=O) groups excluding carboxylic acids is 1. The highest BCUT2D eigenvalue weighted by molar-refractivity contribution is 7.89. The number of carbonyl (C=O) groups is 1. The average Bonchev–Trinajstić information content (AvgIpc) is 2.75. The van der Waals surface area contributed by atoms with E-state index in [-0.39, 0.29) is 23.2 Å². The van der Waals surface area contributed by atoms with Crippen LogP contribution in [0.15, 0.2) is 11.2 Å². The van der Waals surface area contributed by atoms with Crippen LogP contribution in [0, 0.1) is 5.92 Å². The third kappa shape index (κ3) is 3.01. The maximum Gasteiger partial charge on any atom is 0.342 e. The van der Waals surface area contributed by atoms with Gasteiger partial charge in [-0.3, -0.25) is 5.10 Å². The molecule has 1 unspecified atom stereocenters. The van der Waals surface area contributed by atoms with Gasteiger partial charge in [0.1, 0.15) is 5.56 Å². The second kappa shape index (κ2) is 5.92. The lowest BCUT2D eigenvalue weighted by atomic mass is 9.81. The third-order valence-electron chi connectivity index (χ3n) is 3.57. The Labute approximate surface area is 118 Å². The summed E-state index contributed by atoms with van der Waals surface area (Å²) < 4.78 is 32.0. The number of aromatic amines is 1. The highest BCUT2D eigenvalue weighted by atomic mass is 32.2. The van der Waals surface area contributed by atoms with E-state index in [0.717, 1.165) is 19.3 Å². The van der Waals surface area contributed by atoms with Crippen LogP contribution >= 0.6 is 0 Å². The van der Waals surface area contributed by atoms with Gasteiger partial charge in [-0.25, -0.2) is 17.9 Å². The van der Waals surface area contributed by atoms with Crippen molar-refractivity contribution >= 4 is 16.0 Å². The first-order valence-electron chi connectivity index (χ1n) is 6.68. The third-order valence-corrected chi connectivity index (χ3v) is 5.10. The number of nitrogens with zero attached hydrogens (tertiary/aromatic N) is 1. The zero-order valence-corrected chi connectivity index (χ0v) is 12.4. The van der Waals surface area contributed by atoms with Crippen LogP contribution in [-0.2, 0) is 14.8 Å². The summed E-state index contributed by atoms with van der Waals surface area (Å²) in [5.74, 6) is -0.336. The molecule has 1 aliphatic carbocycles. The molecule has 1 saturated carbocycles. The molecule has 2 N–H and O–H groups in total. The second-order valence-corrected chi connectivity index (χ2v) is 6.59. The van der Waals surface area contributed by atoms with Gasteiger partial charge in [-0.1, -0.05) is 6.42 Å². The molecule has 0 spiro atoms. The Morgan fingerprint density at radius 2 is 2.30 bits per heavy atom. The van der Waals surface area contributed by atoms with E-state index in [0.29, 0.717) is 5.92 Å². The first-order chi connectivity index (χ1) is 9.45. The molecule has 8 heteroatoms. The smallest absolute Gasteiger partial charge is 0.342 e. The summed E-state index contributed by atoms with van der Waals surface area (Å²) in [6, 6.07) is -0.160. The minimum Gasteiger partial charge on any atom is -0.462 e. The van der Waals surface area contributed by atoms with Gasteiger partial charge in [0.2, 0.25) is 0 Å². The van der Waals surface area contributed by atoms with E-state index in [1.165, 1.54) is 6.20 Å². The Morgan fingerprint density at radius 1 is 1.60 bits per heavy atom. The molecule has 112 valence electrons. The van der Waals surface area contributed by atoms with Gasteiger partial charge in [0.15, 0.2) is 5.03 Å². The fraction of sp³-hybridized carbons (Fsp3) is 0.667. The summed E-state index contributed by atoms with van der Waals surface area (Å²) in [6.45, 7) is 3.67. The van der Waals surface area contributed by atoms with Crippen LogP contribution in [-0.4, -0.2) is 37.2 Å². The van der Waals surface area contributed by atoms with Crippen LogP contribution in [0.25, 0.3) is 0 Å². The van der Waals surface area contributed by atoms with E-state index in [2.05, 4.69) is 14.9 Å². The Balaban J connectivity index is 2.17. The number of sulfonamides is 1. The van der Waals surface area contributed by atoms with E-state index < -0.39 is 16.0 Å². The number of aromatic nitrogens is 2. The molecule has 0 saturated heterocycles. The molecule has 0 radical (unpaired) electrons. The summed E-state index contributed by atoms with van der Waals surface area (Å²) in [4.78, 5) is 11.7. The molecule has 1 aromatic rings. The fourth-order valence-corrected chi connectivity index (χ4v) is 3.57. The average molecular weight is 301 g/mol. The van der Waals surface area contributed by atoms with Crippen LogP contribution in [0.3, 0.4) is 0 Å². The van der Waals surface area contributed by atoms with Crippen molar-refractivity contribution in [2.24, 2.45) is 5.92 Å². The standard InChI is InChI=1S/C12H19N3O4S/c1-3-19-12(16)10-7-13-14-11(10)20(17,18)15-8(2)9-5-4-6-9/h7-9,15H,3-6H2,1-2H3,(H,13,14).